The fraction of sp³-hybridized carbons (Fsp3) is 0.364. The quantitative estimate of drug-likeness (QED) is 0.309. The Hall–Kier alpha value is -1.60. The standard InChI is InChI=1S/C11H17N3O3S/c1-2-9(8-11(12)13-15)14-18(16,17)10-6-4-3-5-7-10/h3-7,9,14-15H,2,8H2,1H3,(H2,12,13). The Balaban J connectivity index is 2.82. The van der Waals surface area contributed by atoms with Gasteiger partial charge in [0.2, 0.25) is 10.0 Å². The summed E-state index contributed by atoms with van der Waals surface area (Å²) in [6.07, 6.45) is 0.710. The molecule has 0 heterocycles. The monoisotopic (exact) mass is 271 g/mol. The SMILES string of the molecule is CCC(CC(N)=NO)NS(=O)(=O)c1ccccc1. The fourth-order valence-corrected chi connectivity index (χ4v) is 2.79. The molecular weight excluding hydrogens is 254 g/mol. The van der Waals surface area contributed by atoms with E-state index in [1.165, 1.54) is 12.1 Å². The van der Waals surface area contributed by atoms with E-state index in [9.17, 15) is 8.42 Å². The average Bonchev–Trinajstić information content (AvgIpc) is 2.38. The van der Waals surface area contributed by atoms with Crippen molar-refractivity contribution < 1.29 is 13.6 Å². The van der Waals surface area contributed by atoms with Crippen LogP contribution in [0, 0.1) is 0 Å². The summed E-state index contributed by atoms with van der Waals surface area (Å²) in [5, 5.41) is 11.3. The molecule has 1 rings (SSSR count). The lowest BCUT2D eigenvalue weighted by atomic mass is 10.1. The summed E-state index contributed by atoms with van der Waals surface area (Å²) >= 11 is 0. The second-order valence-electron chi connectivity index (χ2n) is 3.83. The largest absolute Gasteiger partial charge is 0.409 e. The van der Waals surface area contributed by atoms with Crippen LogP contribution >= 0.6 is 0 Å². The molecule has 4 N–H and O–H groups in total. The van der Waals surface area contributed by atoms with Gasteiger partial charge in [-0.3, -0.25) is 0 Å². The molecule has 0 spiro atoms. The molecule has 0 fully saturated rings. The molecular formula is C11H17N3O3S. The summed E-state index contributed by atoms with van der Waals surface area (Å²) in [5.41, 5.74) is 5.37. The molecule has 0 saturated heterocycles. The lowest BCUT2D eigenvalue weighted by molar-refractivity contribution is 0.316. The van der Waals surface area contributed by atoms with Gasteiger partial charge in [-0.2, -0.15) is 0 Å². The van der Waals surface area contributed by atoms with Crippen LogP contribution in [0.15, 0.2) is 40.4 Å². The number of hydrogen-bond donors (Lipinski definition) is 3. The Morgan fingerprint density at radius 3 is 2.56 bits per heavy atom. The number of sulfonamides is 1. The second-order valence-corrected chi connectivity index (χ2v) is 5.55. The number of nitrogens with zero attached hydrogens (tertiary/aromatic N) is 1. The first-order valence-corrected chi connectivity index (χ1v) is 7.01. The predicted octanol–water partition coefficient (Wildman–Crippen LogP) is 0.880. The van der Waals surface area contributed by atoms with Gasteiger partial charge >= 0.3 is 0 Å². The maximum Gasteiger partial charge on any atom is 0.240 e. The third-order valence-corrected chi connectivity index (χ3v) is 3.99. The molecule has 0 aromatic heterocycles. The van der Waals surface area contributed by atoms with Gasteiger partial charge in [0.15, 0.2) is 0 Å². The summed E-state index contributed by atoms with van der Waals surface area (Å²) in [7, 11) is -3.57. The molecule has 1 aromatic carbocycles. The molecule has 6 nitrogen and oxygen atoms in total. The first kappa shape index (κ1) is 14.5. The highest BCUT2D eigenvalue weighted by Crippen LogP contribution is 2.10. The van der Waals surface area contributed by atoms with Crippen molar-refractivity contribution in [1.29, 1.82) is 0 Å². The molecule has 1 unspecified atom stereocenters. The minimum Gasteiger partial charge on any atom is -0.409 e. The number of nitrogens with one attached hydrogen (secondary N) is 1. The van der Waals surface area contributed by atoms with Crippen LogP contribution in [0.2, 0.25) is 0 Å². The molecule has 0 radical (unpaired) electrons. The van der Waals surface area contributed by atoms with Crippen LogP contribution in [0.5, 0.6) is 0 Å². The van der Waals surface area contributed by atoms with Crippen molar-refractivity contribution in [2.45, 2.75) is 30.7 Å². The first-order chi connectivity index (χ1) is 8.49. The lowest BCUT2D eigenvalue weighted by Gasteiger charge is -2.16. The van der Waals surface area contributed by atoms with Gasteiger partial charge in [0.25, 0.3) is 0 Å². The van der Waals surface area contributed by atoms with Crippen molar-refractivity contribution in [1.82, 2.24) is 4.72 Å². The van der Waals surface area contributed by atoms with Gasteiger partial charge in [-0.15, -0.1) is 0 Å². The summed E-state index contributed by atoms with van der Waals surface area (Å²) < 4.78 is 26.6. The van der Waals surface area contributed by atoms with Crippen molar-refractivity contribution in [3.8, 4) is 0 Å². The third-order valence-electron chi connectivity index (χ3n) is 2.45. The molecule has 0 amide bonds. The Labute approximate surface area is 107 Å². The van der Waals surface area contributed by atoms with Gasteiger partial charge in [-0.25, -0.2) is 13.1 Å². The molecule has 1 aromatic rings. The molecule has 0 aliphatic carbocycles. The maximum atomic E-state index is 12.0. The smallest absolute Gasteiger partial charge is 0.240 e. The summed E-state index contributed by atoms with van der Waals surface area (Å²) in [5.74, 6) is -0.00221. The minimum absolute atomic E-state index is 0.00221. The van der Waals surface area contributed by atoms with Crippen molar-refractivity contribution >= 4 is 15.9 Å². The average molecular weight is 271 g/mol. The molecule has 0 aliphatic rings. The Morgan fingerprint density at radius 1 is 1.44 bits per heavy atom. The van der Waals surface area contributed by atoms with Crippen LogP contribution in [-0.2, 0) is 10.0 Å². The van der Waals surface area contributed by atoms with E-state index in [-0.39, 0.29) is 17.2 Å². The maximum absolute atomic E-state index is 12.0. The molecule has 0 bridgehead atoms. The van der Waals surface area contributed by atoms with Crippen LogP contribution < -0.4 is 10.5 Å². The highest BCUT2D eigenvalue weighted by molar-refractivity contribution is 7.89. The molecule has 0 aliphatic heterocycles. The number of amidine groups is 1. The van der Waals surface area contributed by atoms with Crippen molar-refractivity contribution in [2.24, 2.45) is 10.9 Å². The summed E-state index contributed by atoms with van der Waals surface area (Å²) in [6.45, 7) is 1.82. The number of benzene rings is 1. The lowest BCUT2D eigenvalue weighted by Crippen LogP contribution is -2.37. The topological polar surface area (TPSA) is 105 Å². The first-order valence-electron chi connectivity index (χ1n) is 5.53. The van der Waals surface area contributed by atoms with E-state index in [1.807, 2.05) is 6.92 Å². The summed E-state index contributed by atoms with van der Waals surface area (Å²) in [6, 6.07) is 7.67. The highest BCUT2D eigenvalue weighted by atomic mass is 32.2. The van der Waals surface area contributed by atoms with Gasteiger partial charge in [0, 0.05) is 12.5 Å². The minimum atomic E-state index is -3.57. The van der Waals surface area contributed by atoms with E-state index in [4.69, 9.17) is 10.9 Å². The van der Waals surface area contributed by atoms with Gasteiger partial charge in [-0.1, -0.05) is 30.3 Å². The van der Waals surface area contributed by atoms with Gasteiger partial charge in [0.05, 0.1) is 4.90 Å². The molecule has 0 saturated carbocycles. The molecule has 100 valence electrons. The van der Waals surface area contributed by atoms with E-state index in [0.717, 1.165) is 0 Å². The Morgan fingerprint density at radius 2 is 2.06 bits per heavy atom. The zero-order valence-corrected chi connectivity index (χ0v) is 10.9. The van der Waals surface area contributed by atoms with Gasteiger partial charge in [-0.05, 0) is 18.6 Å². The third kappa shape index (κ3) is 4.01. The Kier molecular flexibility index (Phi) is 5.11. The van der Waals surface area contributed by atoms with Crippen molar-refractivity contribution in [2.75, 3.05) is 0 Å². The number of hydrogen-bond acceptors (Lipinski definition) is 4. The van der Waals surface area contributed by atoms with E-state index in [0.29, 0.717) is 6.42 Å². The zero-order valence-electron chi connectivity index (χ0n) is 10.1. The molecule has 1 atom stereocenters. The van der Waals surface area contributed by atoms with E-state index >= 15 is 0 Å². The van der Waals surface area contributed by atoms with E-state index in [2.05, 4.69) is 9.88 Å². The highest BCUT2D eigenvalue weighted by Gasteiger charge is 2.19. The summed E-state index contributed by atoms with van der Waals surface area (Å²) in [4.78, 5) is 0.197. The second kappa shape index (κ2) is 6.36. The van der Waals surface area contributed by atoms with Crippen LogP contribution in [0.4, 0.5) is 0 Å². The molecule has 7 heteroatoms. The van der Waals surface area contributed by atoms with Gasteiger partial charge in [0.1, 0.15) is 5.84 Å². The molecule has 18 heavy (non-hydrogen) atoms. The van der Waals surface area contributed by atoms with Crippen LogP contribution in [0.25, 0.3) is 0 Å². The number of oxime groups is 1. The predicted molar refractivity (Wildman–Crippen MR) is 68.9 cm³/mol. The van der Waals surface area contributed by atoms with E-state index in [1.54, 1.807) is 18.2 Å². The van der Waals surface area contributed by atoms with Crippen LogP contribution in [0.1, 0.15) is 19.8 Å². The van der Waals surface area contributed by atoms with Crippen LogP contribution in [-0.4, -0.2) is 25.5 Å². The number of rotatable bonds is 6. The van der Waals surface area contributed by atoms with Crippen LogP contribution in [0.3, 0.4) is 0 Å². The van der Waals surface area contributed by atoms with Crippen molar-refractivity contribution in [3.05, 3.63) is 30.3 Å². The van der Waals surface area contributed by atoms with Crippen molar-refractivity contribution in [3.63, 3.8) is 0 Å². The normalized spacial score (nSPS) is 14.4. The zero-order chi connectivity index (χ0) is 13.6. The number of nitrogens with two attached hydrogens (primary N) is 1. The van der Waals surface area contributed by atoms with E-state index < -0.39 is 16.1 Å². The van der Waals surface area contributed by atoms with Gasteiger partial charge < -0.3 is 10.9 Å². The Bertz CT molecular complexity index is 500. The fourth-order valence-electron chi connectivity index (χ4n) is 1.45.